The maximum atomic E-state index is 13.5. The van der Waals surface area contributed by atoms with Crippen LogP contribution < -0.4 is 5.32 Å². The summed E-state index contributed by atoms with van der Waals surface area (Å²) in [6, 6.07) is 3.26. The lowest BCUT2D eigenvalue weighted by molar-refractivity contribution is 0.520. The van der Waals surface area contributed by atoms with Gasteiger partial charge in [-0.3, -0.25) is 0 Å². The van der Waals surface area contributed by atoms with Crippen LogP contribution in [0.2, 0.25) is 0 Å². The molecule has 0 aliphatic rings. The van der Waals surface area contributed by atoms with Gasteiger partial charge in [-0.25, -0.2) is 13.8 Å². The van der Waals surface area contributed by atoms with Crippen molar-refractivity contribution in [1.29, 1.82) is 0 Å². The van der Waals surface area contributed by atoms with Crippen LogP contribution in [0.3, 0.4) is 0 Å². The van der Waals surface area contributed by atoms with Crippen molar-refractivity contribution in [3.8, 4) is 0 Å². The molecular weight excluding hydrogens is 236 g/mol. The number of imidazole rings is 1. The Morgan fingerprint density at radius 1 is 1.39 bits per heavy atom. The summed E-state index contributed by atoms with van der Waals surface area (Å²) in [4.78, 5) is 6.90. The first-order chi connectivity index (χ1) is 8.66. The zero-order valence-electron chi connectivity index (χ0n) is 10.1. The molecule has 3 nitrogen and oxygen atoms in total. The number of benzene rings is 1. The topological polar surface area (TPSA) is 40.7 Å². The molecule has 1 aromatic carbocycles. The lowest BCUT2D eigenvalue weighted by Crippen LogP contribution is -2.22. The average Bonchev–Trinajstić information content (AvgIpc) is 2.85. The number of H-pyrrole nitrogens is 1. The summed E-state index contributed by atoms with van der Waals surface area (Å²) >= 11 is 0. The Bertz CT molecular complexity index is 497. The van der Waals surface area contributed by atoms with E-state index in [1.807, 2.05) is 6.92 Å². The van der Waals surface area contributed by atoms with Gasteiger partial charge in [0.1, 0.15) is 11.6 Å². The van der Waals surface area contributed by atoms with Crippen molar-refractivity contribution < 1.29 is 8.78 Å². The van der Waals surface area contributed by atoms with Gasteiger partial charge in [-0.1, -0.05) is 0 Å². The van der Waals surface area contributed by atoms with Gasteiger partial charge in [0.15, 0.2) is 0 Å². The molecule has 0 radical (unpaired) electrons. The molecule has 2 rings (SSSR count). The molecule has 1 atom stereocenters. The monoisotopic (exact) mass is 251 g/mol. The maximum Gasteiger partial charge on any atom is 0.128 e. The van der Waals surface area contributed by atoms with Crippen LogP contribution in [0.5, 0.6) is 0 Å². The molecule has 0 amide bonds. The van der Waals surface area contributed by atoms with E-state index >= 15 is 0 Å². The van der Waals surface area contributed by atoms with E-state index in [2.05, 4.69) is 15.3 Å². The molecule has 1 heterocycles. The van der Waals surface area contributed by atoms with Gasteiger partial charge < -0.3 is 10.3 Å². The summed E-state index contributed by atoms with van der Waals surface area (Å²) in [6.45, 7) is 2.48. The highest BCUT2D eigenvalue weighted by Gasteiger charge is 2.11. The van der Waals surface area contributed by atoms with Gasteiger partial charge in [-0.2, -0.15) is 0 Å². The summed E-state index contributed by atoms with van der Waals surface area (Å²) in [5.41, 5.74) is 1.36. The van der Waals surface area contributed by atoms with E-state index in [-0.39, 0.29) is 6.04 Å². The number of hydrogen-bond donors (Lipinski definition) is 2. The van der Waals surface area contributed by atoms with Crippen molar-refractivity contribution >= 4 is 0 Å². The molecule has 2 N–H and O–H groups in total. The molecule has 1 aromatic heterocycles. The third kappa shape index (κ3) is 3.13. The molecule has 0 saturated heterocycles. The van der Waals surface area contributed by atoms with Crippen LogP contribution in [0.15, 0.2) is 30.7 Å². The zero-order valence-corrected chi connectivity index (χ0v) is 10.1. The Kier molecular flexibility index (Phi) is 4.04. The maximum absolute atomic E-state index is 13.5. The van der Waals surface area contributed by atoms with Gasteiger partial charge in [0, 0.05) is 36.5 Å². The van der Waals surface area contributed by atoms with E-state index in [0.29, 0.717) is 12.1 Å². The summed E-state index contributed by atoms with van der Waals surface area (Å²) in [6.07, 6.45) is 4.13. The third-order valence-electron chi connectivity index (χ3n) is 2.82. The van der Waals surface area contributed by atoms with Crippen molar-refractivity contribution in [1.82, 2.24) is 15.3 Å². The second kappa shape index (κ2) is 5.73. The van der Waals surface area contributed by atoms with E-state index in [1.165, 1.54) is 6.07 Å². The van der Waals surface area contributed by atoms with E-state index < -0.39 is 11.6 Å². The van der Waals surface area contributed by atoms with Crippen LogP contribution in [-0.4, -0.2) is 16.5 Å². The largest absolute Gasteiger partial charge is 0.348 e. The number of rotatable bonds is 5. The molecule has 2 aromatic rings. The molecule has 0 spiro atoms. The molecule has 0 bridgehead atoms. The van der Waals surface area contributed by atoms with Crippen molar-refractivity contribution in [3.05, 3.63) is 53.6 Å². The van der Waals surface area contributed by atoms with Crippen LogP contribution in [0, 0.1) is 11.6 Å². The summed E-state index contributed by atoms with van der Waals surface area (Å²) in [5, 5.41) is 3.15. The second-order valence-electron chi connectivity index (χ2n) is 4.17. The molecule has 18 heavy (non-hydrogen) atoms. The van der Waals surface area contributed by atoms with Crippen LogP contribution in [0.25, 0.3) is 0 Å². The number of nitrogens with zero attached hydrogens (tertiary/aromatic N) is 1. The predicted octanol–water partition coefficient (Wildman–Crippen LogP) is 2.58. The average molecular weight is 251 g/mol. The van der Waals surface area contributed by atoms with Gasteiger partial charge in [0.25, 0.3) is 0 Å². The first kappa shape index (κ1) is 12.7. The number of nitrogens with one attached hydrogen (secondary N) is 2. The van der Waals surface area contributed by atoms with E-state index in [4.69, 9.17) is 0 Å². The van der Waals surface area contributed by atoms with Gasteiger partial charge in [-0.05, 0) is 25.1 Å². The summed E-state index contributed by atoms with van der Waals surface area (Å²) in [7, 11) is 0. The second-order valence-corrected chi connectivity index (χ2v) is 4.17. The van der Waals surface area contributed by atoms with Crippen molar-refractivity contribution in [3.63, 3.8) is 0 Å². The number of halogens is 2. The van der Waals surface area contributed by atoms with Crippen molar-refractivity contribution in [2.24, 2.45) is 0 Å². The molecule has 0 aliphatic carbocycles. The van der Waals surface area contributed by atoms with Gasteiger partial charge in [0.05, 0.1) is 6.33 Å². The Morgan fingerprint density at radius 3 is 2.94 bits per heavy atom. The standard InChI is InChI=1S/C13H15F2N3/c1-9(12-6-10(14)2-3-13(12)15)17-5-4-11-7-16-8-18-11/h2-3,6-9,17H,4-5H2,1H3,(H,16,18). The molecule has 1 unspecified atom stereocenters. The molecule has 0 aliphatic heterocycles. The molecular formula is C13H15F2N3. The minimum atomic E-state index is -0.423. The zero-order chi connectivity index (χ0) is 13.0. The third-order valence-corrected chi connectivity index (χ3v) is 2.82. The van der Waals surface area contributed by atoms with Crippen LogP contribution in [-0.2, 0) is 6.42 Å². The highest BCUT2D eigenvalue weighted by atomic mass is 19.1. The first-order valence-electron chi connectivity index (χ1n) is 5.82. The van der Waals surface area contributed by atoms with Crippen molar-refractivity contribution in [2.75, 3.05) is 6.54 Å². The lowest BCUT2D eigenvalue weighted by Gasteiger charge is -2.14. The van der Waals surface area contributed by atoms with E-state index in [1.54, 1.807) is 12.5 Å². The molecule has 96 valence electrons. The fourth-order valence-corrected chi connectivity index (χ4v) is 1.80. The minimum Gasteiger partial charge on any atom is -0.348 e. The van der Waals surface area contributed by atoms with E-state index in [9.17, 15) is 8.78 Å². The molecule has 0 saturated carbocycles. The fourth-order valence-electron chi connectivity index (χ4n) is 1.80. The van der Waals surface area contributed by atoms with Crippen molar-refractivity contribution in [2.45, 2.75) is 19.4 Å². The summed E-state index contributed by atoms with van der Waals surface area (Å²) < 4.78 is 26.5. The Morgan fingerprint density at radius 2 is 2.22 bits per heavy atom. The number of hydrogen-bond acceptors (Lipinski definition) is 2. The Balaban J connectivity index is 1.91. The Labute approximate surface area is 104 Å². The van der Waals surface area contributed by atoms with Crippen LogP contribution >= 0.6 is 0 Å². The van der Waals surface area contributed by atoms with Crippen LogP contribution in [0.1, 0.15) is 24.2 Å². The lowest BCUT2D eigenvalue weighted by atomic mass is 10.1. The highest BCUT2D eigenvalue weighted by molar-refractivity contribution is 5.21. The molecule has 0 fully saturated rings. The van der Waals surface area contributed by atoms with Gasteiger partial charge in [0.2, 0.25) is 0 Å². The number of aromatic nitrogens is 2. The number of aromatic amines is 1. The van der Waals surface area contributed by atoms with Gasteiger partial charge in [-0.15, -0.1) is 0 Å². The smallest absolute Gasteiger partial charge is 0.128 e. The SMILES string of the molecule is CC(NCCc1cnc[nH]1)c1cc(F)ccc1F. The predicted molar refractivity (Wildman–Crippen MR) is 65.1 cm³/mol. The van der Waals surface area contributed by atoms with E-state index in [0.717, 1.165) is 24.2 Å². The van der Waals surface area contributed by atoms with Crippen LogP contribution in [0.4, 0.5) is 8.78 Å². The minimum absolute atomic E-state index is 0.233. The fraction of sp³-hybridized carbons (Fsp3) is 0.308. The first-order valence-corrected chi connectivity index (χ1v) is 5.82. The Hall–Kier alpha value is -1.75. The summed E-state index contributed by atoms with van der Waals surface area (Å²) in [5.74, 6) is -0.813. The normalized spacial score (nSPS) is 12.6. The van der Waals surface area contributed by atoms with Gasteiger partial charge >= 0.3 is 0 Å². The quantitative estimate of drug-likeness (QED) is 0.857. The highest BCUT2D eigenvalue weighted by Crippen LogP contribution is 2.17. The molecule has 5 heteroatoms.